The summed E-state index contributed by atoms with van der Waals surface area (Å²) in [6, 6.07) is 45.3. The fourth-order valence-corrected chi connectivity index (χ4v) is 5.84. The second-order valence-corrected chi connectivity index (χ2v) is 16.0. The first kappa shape index (κ1) is 29.3. The summed E-state index contributed by atoms with van der Waals surface area (Å²) in [5.41, 5.74) is 7.88. The van der Waals surface area contributed by atoms with E-state index in [0.29, 0.717) is 0 Å². The zero-order valence-electron chi connectivity index (χ0n) is 23.8. The Morgan fingerprint density at radius 3 is 2.14 bits per heavy atom. The van der Waals surface area contributed by atoms with Gasteiger partial charge in [-0.2, -0.15) is 0 Å². The molecule has 4 aromatic carbocycles. The molecule has 0 aliphatic carbocycles. The first-order chi connectivity index (χ1) is 20.0. The van der Waals surface area contributed by atoms with E-state index in [1.807, 2.05) is 72.9 Å². The molecular formula is C37H30IrN2OSi-2. The van der Waals surface area contributed by atoms with E-state index in [1.54, 1.807) is 6.20 Å². The molecule has 209 valence electrons. The molecular weight excluding hydrogens is 709 g/mol. The van der Waals surface area contributed by atoms with Crippen LogP contribution >= 0.6 is 0 Å². The number of benzene rings is 4. The Bertz CT molecular complexity index is 1900. The van der Waals surface area contributed by atoms with Crippen LogP contribution in [0.5, 0.6) is 0 Å². The third-order valence-corrected chi connectivity index (χ3v) is 9.10. The van der Waals surface area contributed by atoms with Crippen molar-refractivity contribution >= 4 is 35.2 Å². The van der Waals surface area contributed by atoms with Crippen molar-refractivity contribution in [1.29, 1.82) is 0 Å². The summed E-state index contributed by atoms with van der Waals surface area (Å²) in [6.07, 6.45) is 3.81. The summed E-state index contributed by atoms with van der Waals surface area (Å²) < 4.78 is 6.23. The molecule has 5 heteroatoms. The molecule has 0 aliphatic rings. The van der Waals surface area contributed by atoms with Crippen molar-refractivity contribution in [2.45, 2.75) is 19.6 Å². The summed E-state index contributed by atoms with van der Waals surface area (Å²) in [6.45, 7) is 7.00. The van der Waals surface area contributed by atoms with Gasteiger partial charge in [0.15, 0.2) is 0 Å². The van der Waals surface area contributed by atoms with Crippen LogP contribution in [0.3, 0.4) is 0 Å². The van der Waals surface area contributed by atoms with Gasteiger partial charge in [0.1, 0.15) is 5.58 Å². The molecule has 3 heterocycles. The number of hydrogen-bond acceptors (Lipinski definition) is 3. The van der Waals surface area contributed by atoms with E-state index in [2.05, 4.69) is 90.3 Å². The van der Waals surface area contributed by atoms with Crippen LogP contribution in [0.2, 0.25) is 19.6 Å². The molecule has 0 N–H and O–H groups in total. The number of rotatable bonds is 4. The van der Waals surface area contributed by atoms with Gasteiger partial charge in [0, 0.05) is 37.9 Å². The quantitative estimate of drug-likeness (QED) is 0.134. The number of nitrogens with zero attached hydrogens (tertiary/aromatic N) is 2. The van der Waals surface area contributed by atoms with Crippen LogP contribution in [0.4, 0.5) is 0 Å². The fraction of sp³-hybridized carbons (Fsp3) is 0.0811. The molecule has 3 nitrogen and oxygen atoms in total. The normalized spacial score (nSPS) is 11.0. The van der Waals surface area contributed by atoms with Crippen molar-refractivity contribution < 1.29 is 24.5 Å². The Kier molecular flexibility index (Phi) is 8.93. The van der Waals surface area contributed by atoms with E-state index in [0.717, 1.165) is 50.0 Å². The zero-order valence-corrected chi connectivity index (χ0v) is 27.2. The van der Waals surface area contributed by atoms with Crippen LogP contribution in [-0.2, 0) is 20.1 Å². The number of fused-ring (bicyclic) bond motifs is 3. The molecule has 0 aliphatic heterocycles. The molecule has 0 bridgehead atoms. The maximum absolute atomic E-state index is 6.23. The number of aromatic nitrogens is 2. The summed E-state index contributed by atoms with van der Waals surface area (Å²) in [4.78, 5) is 8.96. The van der Waals surface area contributed by atoms with E-state index in [-0.39, 0.29) is 20.1 Å². The second-order valence-electron chi connectivity index (χ2n) is 10.9. The van der Waals surface area contributed by atoms with Gasteiger partial charge in [-0.15, -0.1) is 54.1 Å². The monoisotopic (exact) mass is 739 g/mol. The summed E-state index contributed by atoms with van der Waals surface area (Å²) in [5.74, 6) is 0. The van der Waals surface area contributed by atoms with Crippen LogP contribution in [0.15, 0.2) is 132 Å². The molecule has 7 rings (SSSR count). The van der Waals surface area contributed by atoms with Crippen LogP contribution < -0.4 is 5.19 Å². The Morgan fingerprint density at radius 1 is 0.643 bits per heavy atom. The second kappa shape index (κ2) is 12.8. The van der Waals surface area contributed by atoms with E-state index in [4.69, 9.17) is 4.42 Å². The van der Waals surface area contributed by atoms with Crippen molar-refractivity contribution in [3.05, 3.63) is 140 Å². The first-order valence-corrected chi connectivity index (χ1v) is 17.2. The van der Waals surface area contributed by atoms with Crippen LogP contribution in [0.25, 0.3) is 55.6 Å². The van der Waals surface area contributed by atoms with Crippen molar-refractivity contribution in [2.75, 3.05) is 0 Å². The molecule has 0 saturated heterocycles. The smallest absolute Gasteiger partial charge is 0.121 e. The minimum Gasteiger partial charge on any atom is -0.501 e. The minimum atomic E-state index is -1.23. The SMILES string of the molecule is C[Si](C)(C)c1ccc(-c2[c-]cccc2)nc1.[Ir].[c-]1ccc2c(oc3cc(-c4ccccc4)ccc32)c1-c1ccccn1. The Labute approximate surface area is 261 Å². The van der Waals surface area contributed by atoms with Gasteiger partial charge in [0.05, 0.1) is 13.7 Å². The van der Waals surface area contributed by atoms with Gasteiger partial charge in [-0.25, -0.2) is 0 Å². The summed E-state index contributed by atoms with van der Waals surface area (Å²) in [5, 5.41) is 3.60. The molecule has 7 aromatic rings. The van der Waals surface area contributed by atoms with E-state index in [9.17, 15) is 0 Å². The molecule has 0 atom stereocenters. The van der Waals surface area contributed by atoms with Crippen molar-refractivity contribution in [3.8, 4) is 33.6 Å². The predicted octanol–water partition coefficient (Wildman–Crippen LogP) is 9.21. The average molecular weight is 739 g/mol. The topological polar surface area (TPSA) is 38.9 Å². The number of furan rings is 1. The molecule has 1 radical (unpaired) electrons. The van der Waals surface area contributed by atoms with Gasteiger partial charge in [-0.3, -0.25) is 0 Å². The van der Waals surface area contributed by atoms with Crippen LogP contribution in [0.1, 0.15) is 0 Å². The first-order valence-electron chi connectivity index (χ1n) is 13.7. The average Bonchev–Trinajstić information content (AvgIpc) is 3.40. The standard InChI is InChI=1S/C23H14NO.C14H16NSi.Ir/c1-2-7-16(8-3-1)17-12-13-18-19-9-6-10-20(21-11-4-5-14-24-21)23(19)25-22(18)15-17;1-16(2,3)13-9-10-14(15-11-13)12-7-5-4-6-8-12;/h1-9,11-15H;4-7,9-11H,1-3H3;/q2*-1;. The predicted molar refractivity (Wildman–Crippen MR) is 173 cm³/mol. The number of hydrogen-bond donors (Lipinski definition) is 0. The van der Waals surface area contributed by atoms with Crippen molar-refractivity contribution in [3.63, 3.8) is 0 Å². The third-order valence-electron chi connectivity index (χ3n) is 7.08. The van der Waals surface area contributed by atoms with Crippen molar-refractivity contribution in [2.24, 2.45) is 0 Å². The molecule has 0 unspecified atom stereocenters. The van der Waals surface area contributed by atoms with Crippen LogP contribution in [-0.4, -0.2) is 18.0 Å². The Balaban J connectivity index is 0.000000181. The van der Waals surface area contributed by atoms with E-state index < -0.39 is 8.07 Å². The number of pyridine rings is 2. The van der Waals surface area contributed by atoms with Gasteiger partial charge in [0.25, 0.3) is 0 Å². The fourth-order valence-electron chi connectivity index (χ4n) is 4.80. The summed E-state index contributed by atoms with van der Waals surface area (Å²) >= 11 is 0. The molecule has 0 fully saturated rings. The van der Waals surface area contributed by atoms with E-state index >= 15 is 0 Å². The molecule has 0 saturated carbocycles. The molecule has 42 heavy (non-hydrogen) atoms. The Morgan fingerprint density at radius 2 is 1.45 bits per heavy atom. The summed E-state index contributed by atoms with van der Waals surface area (Å²) in [7, 11) is -1.23. The van der Waals surface area contributed by atoms with Crippen LogP contribution in [0, 0.1) is 12.1 Å². The maximum Gasteiger partial charge on any atom is 0.121 e. The molecule has 0 spiro atoms. The maximum atomic E-state index is 6.23. The largest absolute Gasteiger partial charge is 0.501 e. The van der Waals surface area contributed by atoms with Gasteiger partial charge in [0.2, 0.25) is 0 Å². The van der Waals surface area contributed by atoms with Gasteiger partial charge in [-0.05, 0) is 39.8 Å². The van der Waals surface area contributed by atoms with Gasteiger partial charge < -0.3 is 14.4 Å². The van der Waals surface area contributed by atoms with E-state index in [1.165, 1.54) is 10.8 Å². The minimum absolute atomic E-state index is 0. The molecule has 0 amide bonds. The van der Waals surface area contributed by atoms with Crippen molar-refractivity contribution in [1.82, 2.24) is 9.97 Å². The molecule has 3 aromatic heterocycles. The Hall–Kier alpha value is -4.15. The van der Waals surface area contributed by atoms with Gasteiger partial charge >= 0.3 is 0 Å². The third kappa shape index (κ3) is 6.34. The van der Waals surface area contributed by atoms with Gasteiger partial charge in [-0.1, -0.05) is 97.3 Å². The zero-order chi connectivity index (χ0) is 28.2.